The number of nitrogens with zero attached hydrogens (tertiary/aromatic N) is 4. The Bertz CT molecular complexity index is 1360. The molecule has 204 valence electrons. The van der Waals surface area contributed by atoms with Gasteiger partial charge < -0.3 is 19.1 Å². The average Bonchev–Trinajstić information content (AvgIpc) is 3.26. The van der Waals surface area contributed by atoms with Gasteiger partial charge in [0.25, 0.3) is 5.91 Å². The Morgan fingerprint density at radius 2 is 1.77 bits per heavy atom. The molecule has 0 radical (unpaired) electrons. The molecule has 0 N–H and O–H groups in total. The van der Waals surface area contributed by atoms with Crippen LogP contribution in [-0.4, -0.2) is 59.9 Å². The first-order valence-electron chi connectivity index (χ1n) is 13.4. The van der Waals surface area contributed by atoms with Crippen LogP contribution in [0.5, 0.6) is 17.4 Å². The highest BCUT2D eigenvalue weighted by molar-refractivity contribution is 6.03. The lowest BCUT2D eigenvalue weighted by atomic mass is 10.1. The lowest BCUT2D eigenvalue weighted by molar-refractivity contribution is 0.0770. The van der Waals surface area contributed by atoms with Gasteiger partial charge >= 0.3 is 0 Å². The first-order chi connectivity index (χ1) is 18.9. The topological polar surface area (TPSA) is 86.1 Å². The fourth-order valence-electron chi connectivity index (χ4n) is 5.00. The first-order valence-corrected chi connectivity index (χ1v) is 13.4. The van der Waals surface area contributed by atoms with Gasteiger partial charge in [0.15, 0.2) is 11.5 Å². The van der Waals surface area contributed by atoms with Gasteiger partial charge in [-0.1, -0.05) is 6.92 Å². The zero-order valence-corrected chi connectivity index (χ0v) is 22.5. The van der Waals surface area contributed by atoms with E-state index < -0.39 is 0 Å². The molecule has 3 heterocycles. The van der Waals surface area contributed by atoms with Crippen LogP contribution in [0.15, 0.2) is 47.5 Å². The second kappa shape index (κ2) is 11.8. The van der Waals surface area contributed by atoms with E-state index in [4.69, 9.17) is 14.2 Å². The molecule has 2 atom stereocenters. The van der Waals surface area contributed by atoms with Gasteiger partial charge in [-0.15, -0.1) is 0 Å². The van der Waals surface area contributed by atoms with E-state index in [-0.39, 0.29) is 17.8 Å². The van der Waals surface area contributed by atoms with Gasteiger partial charge in [0, 0.05) is 30.5 Å². The minimum Gasteiger partial charge on any atom is -0.493 e. The Kier molecular flexibility index (Phi) is 8.05. The summed E-state index contributed by atoms with van der Waals surface area (Å²) in [6.07, 6.45) is 5.36. The minimum atomic E-state index is -0.288. The van der Waals surface area contributed by atoms with E-state index in [2.05, 4.69) is 21.9 Å². The number of ether oxygens (including phenoxy) is 3. The summed E-state index contributed by atoms with van der Waals surface area (Å²) in [6, 6.07) is 11.5. The molecule has 5 rings (SSSR count). The van der Waals surface area contributed by atoms with Crippen molar-refractivity contribution in [3.63, 3.8) is 0 Å². The Labute approximate surface area is 227 Å². The number of methoxy groups -OCH3 is 1. The summed E-state index contributed by atoms with van der Waals surface area (Å²) in [5.74, 6) is 2.37. The van der Waals surface area contributed by atoms with Gasteiger partial charge in [0.2, 0.25) is 5.88 Å². The molecule has 0 spiro atoms. The van der Waals surface area contributed by atoms with Crippen LogP contribution < -0.4 is 14.2 Å². The average molecular weight is 533 g/mol. The molecule has 2 aromatic carbocycles. The Hall–Kier alpha value is -4.01. The summed E-state index contributed by atoms with van der Waals surface area (Å²) >= 11 is 0. The second-order valence-electron chi connectivity index (χ2n) is 10.1. The van der Waals surface area contributed by atoms with Gasteiger partial charge in [-0.2, -0.15) is 4.98 Å². The summed E-state index contributed by atoms with van der Waals surface area (Å²) in [6.45, 7) is 5.71. The van der Waals surface area contributed by atoms with Crippen LogP contribution in [0.1, 0.15) is 48.8 Å². The lowest BCUT2D eigenvalue weighted by Gasteiger charge is -2.20. The van der Waals surface area contributed by atoms with Crippen LogP contribution in [0.3, 0.4) is 0 Å². The van der Waals surface area contributed by atoms with Crippen LogP contribution in [-0.2, 0) is 0 Å². The number of unbranched alkanes of at least 4 members (excludes halogenated alkanes) is 2. The summed E-state index contributed by atoms with van der Waals surface area (Å²) < 4.78 is 30.7. The van der Waals surface area contributed by atoms with Crippen molar-refractivity contribution in [2.45, 2.75) is 45.6 Å². The molecule has 2 aliphatic heterocycles. The SMILES string of the molecule is COc1cc2c(cc1OCCCCCOc1cc(-c3ccc(F)cc3)nc(C)n1)N=C[C@@H]1CC(C)CN1C2=O. The third kappa shape index (κ3) is 6.19. The molecule has 39 heavy (non-hydrogen) atoms. The number of aromatic nitrogens is 2. The Morgan fingerprint density at radius 1 is 1.00 bits per heavy atom. The molecule has 1 amide bonds. The molecule has 1 unspecified atom stereocenters. The monoisotopic (exact) mass is 532 g/mol. The van der Waals surface area contributed by atoms with Gasteiger partial charge in [-0.25, -0.2) is 9.37 Å². The highest BCUT2D eigenvalue weighted by atomic mass is 19.1. The molecule has 0 aliphatic carbocycles. The second-order valence-corrected chi connectivity index (χ2v) is 10.1. The number of carbonyl (C=O) groups is 1. The minimum absolute atomic E-state index is 0.00892. The van der Waals surface area contributed by atoms with Crippen LogP contribution in [0.4, 0.5) is 10.1 Å². The van der Waals surface area contributed by atoms with Crippen molar-refractivity contribution >= 4 is 17.8 Å². The van der Waals surface area contributed by atoms with Crippen molar-refractivity contribution in [2.24, 2.45) is 10.9 Å². The fourth-order valence-corrected chi connectivity index (χ4v) is 5.00. The maximum Gasteiger partial charge on any atom is 0.256 e. The summed E-state index contributed by atoms with van der Waals surface area (Å²) in [5, 5.41) is 0. The number of benzene rings is 2. The quantitative estimate of drug-likeness (QED) is 0.307. The van der Waals surface area contributed by atoms with Crippen molar-refractivity contribution in [1.82, 2.24) is 14.9 Å². The maximum atomic E-state index is 13.2. The zero-order chi connectivity index (χ0) is 27.4. The van der Waals surface area contributed by atoms with Crippen LogP contribution in [0.25, 0.3) is 11.3 Å². The number of hydrogen-bond acceptors (Lipinski definition) is 7. The molecule has 0 saturated carbocycles. The largest absolute Gasteiger partial charge is 0.493 e. The highest BCUT2D eigenvalue weighted by Gasteiger charge is 2.35. The van der Waals surface area contributed by atoms with E-state index in [0.717, 1.165) is 37.8 Å². The first kappa shape index (κ1) is 26.6. The third-order valence-corrected chi connectivity index (χ3v) is 6.96. The Morgan fingerprint density at radius 3 is 2.54 bits per heavy atom. The standard InChI is InChI=1S/C30H33FN4O4/c1-19-13-23-17-32-26-15-28(27(37-3)14-24(26)30(36)35(23)18-19)38-11-5-4-6-12-39-29-16-25(33-20(2)34-29)21-7-9-22(31)10-8-21/h7-10,14-17,19,23H,4-6,11-13,18H2,1-3H3/t19?,23-/m0/s1. The van der Waals surface area contributed by atoms with Crippen molar-refractivity contribution in [3.8, 4) is 28.6 Å². The van der Waals surface area contributed by atoms with E-state index in [1.807, 2.05) is 11.1 Å². The van der Waals surface area contributed by atoms with Crippen LogP contribution in [0.2, 0.25) is 0 Å². The molecule has 3 aromatic rings. The molecule has 1 fully saturated rings. The van der Waals surface area contributed by atoms with E-state index in [9.17, 15) is 9.18 Å². The van der Waals surface area contributed by atoms with E-state index in [1.54, 1.807) is 44.4 Å². The Balaban J connectivity index is 1.11. The molecule has 2 aliphatic rings. The van der Waals surface area contributed by atoms with E-state index in [0.29, 0.717) is 59.3 Å². The summed E-state index contributed by atoms with van der Waals surface area (Å²) in [4.78, 5) is 28.4. The van der Waals surface area contributed by atoms with Crippen molar-refractivity contribution in [1.29, 1.82) is 0 Å². The van der Waals surface area contributed by atoms with Crippen molar-refractivity contribution in [3.05, 3.63) is 59.7 Å². The van der Waals surface area contributed by atoms with Gasteiger partial charge in [-0.3, -0.25) is 9.79 Å². The number of aryl methyl sites for hydroxylation is 1. The third-order valence-electron chi connectivity index (χ3n) is 6.96. The normalized spacial score (nSPS) is 17.9. The fraction of sp³-hybridized carbons (Fsp3) is 0.400. The van der Waals surface area contributed by atoms with Crippen molar-refractivity contribution < 1.29 is 23.4 Å². The lowest BCUT2D eigenvalue weighted by Crippen LogP contribution is -2.35. The van der Waals surface area contributed by atoms with Gasteiger partial charge in [0.05, 0.1) is 43.3 Å². The number of fused-ring (bicyclic) bond motifs is 2. The molecule has 9 heteroatoms. The molecule has 1 saturated heterocycles. The maximum absolute atomic E-state index is 13.2. The molecular weight excluding hydrogens is 499 g/mol. The smallest absolute Gasteiger partial charge is 0.256 e. The van der Waals surface area contributed by atoms with Gasteiger partial charge in [-0.05, 0) is 68.9 Å². The number of amides is 1. The highest BCUT2D eigenvalue weighted by Crippen LogP contribution is 2.38. The number of halogens is 1. The predicted octanol–water partition coefficient (Wildman–Crippen LogP) is 5.79. The number of aliphatic imine (C=N–C) groups is 1. The van der Waals surface area contributed by atoms with E-state index >= 15 is 0 Å². The van der Waals surface area contributed by atoms with Crippen LogP contribution >= 0.6 is 0 Å². The summed E-state index contributed by atoms with van der Waals surface area (Å²) in [5.41, 5.74) is 2.67. The van der Waals surface area contributed by atoms with E-state index in [1.165, 1.54) is 12.1 Å². The molecule has 1 aromatic heterocycles. The molecular formula is C30H33FN4O4. The molecule has 8 nitrogen and oxygen atoms in total. The summed E-state index contributed by atoms with van der Waals surface area (Å²) in [7, 11) is 1.58. The number of hydrogen-bond donors (Lipinski definition) is 0. The molecule has 0 bridgehead atoms. The number of rotatable bonds is 10. The zero-order valence-electron chi connectivity index (χ0n) is 22.5. The predicted molar refractivity (Wildman–Crippen MR) is 147 cm³/mol. The van der Waals surface area contributed by atoms with Crippen LogP contribution in [0, 0.1) is 18.7 Å². The number of carbonyl (C=O) groups excluding carboxylic acids is 1. The van der Waals surface area contributed by atoms with Crippen molar-refractivity contribution in [2.75, 3.05) is 26.9 Å². The van der Waals surface area contributed by atoms with Gasteiger partial charge in [0.1, 0.15) is 11.6 Å².